The van der Waals surface area contributed by atoms with Gasteiger partial charge in [-0.25, -0.2) is 8.78 Å². The quantitative estimate of drug-likeness (QED) is 0.578. The van der Waals surface area contributed by atoms with Crippen molar-refractivity contribution in [1.29, 1.82) is 0 Å². The number of anilines is 1. The molecule has 0 aliphatic carbocycles. The van der Waals surface area contributed by atoms with E-state index in [0.717, 1.165) is 17.0 Å². The van der Waals surface area contributed by atoms with Gasteiger partial charge < -0.3 is 21.7 Å². The number of halogens is 2. The van der Waals surface area contributed by atoms with Gasteiger partial charge in [0.1, 0.15) is 5.92 Å². The average molecular weight is 340 g/mol. The van der Waals surface area contributed by atoms with Crippen molar-refractivity contribution >= 4 is 29.3 Å². The normalized spacial score (nSPS) is 17.2. The molecule has 0 bridgehead atoms. The largest absolute Gasteiger partial charge is 0.367 e. The van der Waals surface area contributed by atoms with Crippen molar-refractivity contribution in [3.05, 3.63) is 29.8 Å². The fourth-order valence-electron chi connectivity index (χ4n) is 2.36. The lowest BCUT2D eigenvalue weighted by molar-refractivity contribution is -0.138. The van der Waals surface area contributed by atoms with Crippen LogP contribution >= 0.6 is 0 Å². The van der Waals surface area contributed by atoms with Gasteiger partial charge in [0.2, 0.25) is 23.6 Å². The summed E-state index contributed by atoms with van der Waals surface area (Å²) in [4.78, 5) is 47.6. The predicted octanol–water partition coefficient (Wildman–Crippen LogP) is -1.23. The number of carbonyl (C=O) groups excluding carboxylic acids is 4. The topological polar surface area (TPSA) is 136 Å². The minimum absolute atomic E-state index is 0.0634. The summed E-state index contributed by atoms with van der Waals surface area (Å²) in [6.45, 7) is 0.0831. The molecule has 24 heavy (non-hydrogen) atoms. The smallest absolute Gasteiger partial charge is 0.249 e. The summed E-state index contributed by atoms with van der Waals surface area (Å²) in [7, 11) is 0. The first kappa shape index (κ1) is 17.3. The summed E-state index contributed by atoms with van der Waals surface area (Å²) in [6.07, 6.45) is 0.0634. The summed E-state index contributed by atoms with van der Waals surface area (Å²) in [5, 5.41) is 2.01. The van der Waals surface area contributed by atoms with Crippen molar-refractivity contribution in [1.82, 2.24) is 5.32 Å². The lowest BCUT2D eigenvalue weighted by atomic mass is 10.1. The van der Waals surface area contributed by atoms with Gasteiger partial charge in [-0.1, -0.05) is 0 Å². The lowest BCUT2D eigenvalue weighted by Crippen LogP contribution is -2.54. The Labute approximate surface area is 134 Å². The van der Waals surface area contributed by atoms with Crippen LogP contribution in [0.5, 0.6) is 0 Å². The number of nitrogens with zero attached hydrogens (tertiary/aromatic N) is 1. The Morgan fingerprint density at radius 1 is 1.17 bits per heavy atom. The molecule has 5 N–H and O–H groups in total. The van der Waals surface area contributed by atoms with Crippen molar-refractivity contribution in [2.75, 3.05) is 11.4 Å². The fourth-order valence-corrected chi connectivity index (χ4v) is 2.36. The molecule has 128 valence electrons. The molecule has 8 nitrogen and oxygen atoms in total. The minimum Gasteiger partial charge on any atom is -0.367 e. The number of rotatable bonds is 5. The molecule has 1 aromatic rings. The van der Waals surface area contributed by atoms with Crippen molar-refractivity contribution in [3.63, 3.8) is 0 Å². The number of primary amides is 2. The number of benzene rings is 1. The number of nitrogens with two attached hydrogens (primary N) is 2. The Morgan fingerprint density at radius 3 is 2.33 bits per heavy atom. The van der Waals surface area contributed by atoms with Crippen molar-refractivity contribution in [2.24, 2.45) is 17.4 Å². The van der Waals surface area contributed by atoms with E-state index >= 15 is 0 Å². The first-order chi connectivity index (χ1) is 11.2. The van der Waals surface area contributed by atoms with Crippen LogP contribution in [0.1, 0.15) is 6.42 Å². The highest BCUT2D eigenvalue weighted by Gasteiger charge is 2.39. The minimum atomic E-state index is -1.73. The Morgan fingerprint density at radius 2 is 1.79 bits per heavy atom. The molecule has 1 heterocycles. The Kier molecular flexibility index (Phi) is 4.77. The molecule has 1 aromatic carbocycles. The van der Waals surface area contributed by atoms with Gasteiger partial charge in [0, 0.05) is 18.3 Å². The molecule has 1 saturated heterocycles. The summed E-state index contributed by atoms with van der Waals surface area (Å²) >= 11 is 0. The van der Waals surface area contributed by atoms with Crippen LogP contribution in [0.15, 0.2) is 18.2 Å². The first-order valence-electron chi connectivity index (χ1n) is 6.87. The lowest BCUT2D eigenvalue weighted by Gasteiger charge is -2.18. The second kappa shape index (κ2) is 6.60. The molecule has 0 aromatic heterocycles. The molecule has 0 saturated carbocycles. The maximum absolute atomic E-state index is 13.3. The van der Waals surface area contributed by atoms with Crippen molar-refractivity contribution in [3.8, 4) is 0 Å². The number of hydrogen-bond donors (Lipinski definition) is 3. The van der Waals surface area contributed by atoms with E-state index in [2.05, 4.69) is 0 Å². The highest BCUT2D eigenvalue weighted by atomic mass is 19.2. The molecule has 4 amide bonds. The molecule has 1 aliphatic heterocycles. The number of amides is 4. The summed E-state index contributed by atoms with van der Waals surface area (Å²) < 4.78 is 26.2. The van der Waals surface area contributed by atoms with Crippen LogP contribution < -0.4 is 21.7 Å². The zero-order valence-corrected chi connectivity index (χ0v) is 12.3. The maximum atomic E-state index is 13.3. The van der Waals surface area contributed by atoms with E-state index in [4.69, 9.17) is 11.5 Å². The highest BCUT2D eigenvalue weighted by molar-refractivity contribution is 6.12. The predicted molar refractivity (Wildman–Crippen MR) is 77.1 cm³/mol. The Hall–Kier alpha value is -3.04. The Balaban J connectivity index is 2.13. The van der Waals surface area contributed by atoms with E-state index in [1.54, 1.807) is 0 Å². The summed E-state index contributed by atoms with van der Waals surface area (Å²) in [6, 6.07) is 1.17. The van der Waals surface area contributed by atoms with Gasteiger partial charge >= 0.3 is 0 Å². The van der Waals surface area contributed by atoms with E-state index in [-0.39, 0.29) is 18.7 Å². The monoisotopic (exact) mass is 340 g/mol. The third-order valence-corrected chi connectivity index (χ3v) is 3.59. The van der Waals surface area contributed by atoms with Gasteiger partial charge in [0.15, 0.2) is 17.7 Å². The average Bonchev–Trinajstić information content (AvgIpc) is 2.88. The number of nitrogens with one attached hydrogen (secondary N) is 1. The molecular formula is C14H14F2N4O4. The van der Waals surface area contributed by atoms with Gasteiger partial charge in [-0.3, -0.25) is 19.2 Å². The van der Waals surface area contributed by atoms with Crippen LogP contribution in [-0.2, 0) is 19.2 Å². The standard InChI is InChI=1S/C14H14F2N4O4/c15-8-2-1-6(5-9(8)16)20-4-3-7(14(20)24)13(23)19-10(11(17)21)12(18)22/h1-2,5,7,10H,3-4H2,(H2,17,21)(H2,18,22)(H,19,23). The number of carbonyl (C=O) groups is 4. The third kappa shape index (κ3) is 3.31. The summed E-state index contributed by atoms with van der Waals surface area (Å²) in [5.74, 6) is -7.27. The molecule has 1 fully saturated rings. The van der Waals surface area contributed by atoms with Gasteiger partial charge in [0.05, 0.1) is 0 Å². The fraction of sp³-hybridized carbons (Fsp3) is 0.286. The molecule has 0 radical (unpaired) electrons. The number of hydrogen-bond acceptors (Lipinski definition) is 4. The van der Waals surface area contributed by atoms with Crippen LogP contribution in [0.2, 0.25) is 0 Å². The molecule has 1 aliphatic rings. The molecule has 2 rings (SSSR count). The Bertz CT molecular complexity index is 711. The maximum Gasteiger partial charge on any atom is 0.249 e. The van der Waals surface area contributed by atoms with Gasteiger partial charge in [-0.15, -0.1) is 0 Å². The summed E-state index contributed by atoms with van der Waals surface area (Å²) in [5.41, 5.74) is 9.98. The molecule has 1 atom stereocenters. The molecular weight excluding hydrogens is 326 g/mol. The zero-order valence-electron chi connectivity index (χ0n) is 12.3. The van der Waals surface area contributed by atoms with E-state index in [0.29, 0.717) is 0 Å². The van der Waals surface area contributed by atoms with Crippen LogP contribution in [0, 0.1) is 17.6 Å². The molecule has 0 spiro atoms. The van der Waals surface area contributed by atoms with Crippen LogP contribution in [0.4, 0.5) is 14.5 Å². The first-order valence-corrected chi connectivity index (χ1v) is 6.87. The van der Waals surface area contributed by atoms with Gasteiger partial charge in [0.25, 0.3) is 0 Å². The highest BCUT2D eigenvalue weighted by Crippen LogP contribution is 2.26. The third-order valence-electron chi connectivity index (χ3n) is 3.59. The van der Waals surface area contributed by atoms with E-state index in [9.17, 15) is 28.0 Å². The van der Waals surface area contributed by atoms with Crippen molar-refractivity contribution in [2.45, 2.75) is 12.5 Å². The second-order valence-corrected chi connectivity index (χ2v) is 5.18. The second-order valence-electron chi connectivity index (χ2n) is 5.18. The van der Waals surface area contributed by atoms with E-state index < -0.39 is 47.2 Å². The SMILES string of the molecule is NC(=O)C(NC(=O)C1CCN(c2ccc(F)c(F)c2)C1=O)C(N)=O. The van der Waals surface area contributed by atoms with Crippen LogP contribution in [0.25, 0.3) is 0 Å². The molecule has 1 unspecified atom stereocenters. The van der Waals surface area contributed by atoms with Crippen LogP contribution in [-0.4, -0.2) is 36.2 Å². The van der Waals surface area contributed by atoms with E-state index in [1.807, 2.05) is 5.32 Å². The van der Waals surface area contributed by atoms with Crippen LogP contribution in [0.3, 0.4) is 0 Å². The van der Waals surface area contributed by atoms with Gasteiger partial charge in [-0.2, -0.15) is 0 Å². The van der Waals surface area contributed by atoms with Crippen molar-refractivity contribution < 1.29 is 28.0 Å². The van der Waals surface area contributed by atoms with E-state index in [1.165, 1.54) is 6.07 Å². The van der Waals surface area contributed by atoms with Gasteiger partial charge in [-0.05, 0) is 18.6 Å². The zero-order chi connectivity index (χ0) is 18.0. The molecule has 10 heteroatoms.